The molecule has 31 heavy (non-hydrogen) atoms. The van der Waals surface area contributed by atoms with E-state index in [9.17, 15) is 4.79 Å². The van der Waals surface area contributed by atoms with E-state index in [1.54, 1.807) is 4.57 Å². The van der Waals surface area contributed by atoms with Crippen molar-refractivity contribution in [2.75, 3.05) is 5.32 Å². The number of hydrogen-bond acceptors (Lipinski definition) is 3. The Morgan fingerprint density at radius 3 is 2.32 bits per heavy atom. The summed E-state index contributed by atoms with van der Waals surface area (Å²) >= 11 is -0.0233. The van der Waals surface area contributed by atoms with Gasteiger partial charge in [0.05, 0.1) is 0 Å². The van der Waals surface area contributed by atoms with E-state index >= 15 is 0 Å². The Kier molecular flexibility index (Phi) is 5.37. The van der Waals surface area contributed by atoms with Gasteiger partial charge in [-0.3, -0.25) is 0 Å². The molecule has 1 N–H and O–H groups in total. The Labute approximate surface area is 188 Å². The number of carbonyl (C=O) groups is 1. The monoisotopic (exact) mass is 472 g/mol. The van der Waals surface area contributed by atoms with Crippen LogP contribution in [0.1, 0.15) is 15.9 Å². The van der Waals surface area contributed by atoms with E-state index in [1.807, 2.05) is 54.7 Å². The molecule has 0 saturated heterocycles. The molecule has 1 aromatic heterocycles. The first kappa shape index (κ1) is 19.7. The fraction of sp³-hybridized carbons (Fsp3) is 0.115. The number of aromatic nitrogens is 2. The van der Waals surface area contributed by atoms with Gasteiger partial charge in [-0.15, -0.1) is 0 Å². The van der Waals surface area contributed by atoms with E-state index in [0.717, 1.165) is 27.2 Å². The number of nitrogens with one attached hydrogen (secondary N) is 1. The fourth-order valence-corrected chi connectivity index (χ4v) is 5.58. The van der Waals surface area contributed by atoms with E-state index in [2.05, 4.69) is 48.6 Å². The van der Waals surface area contributed by atoms with Crippen LogP contribution < -0.4 is 18.9 Å². The number of aryl methyl sites for hydroxylation is 1. The molecule has 2 heterocycles. The number of hydrogen-bond donors (Lipinski definition) is 1. The molecule has 5 rings (SSSR count). The number of fused-ring (bicyclic) bond motifs is 1. The van der Waals surface area contributed by atoms with Gasteiger partial charge in [-0.05, 0) is 0 Å². The molecule has 4 nitrogen and oxygen atoms in total. The fourth-order valence-electron chi connectivity index (χ4n) is 3.71. The molecular formula is C26H22N3OSe+. The molecule has 4 aromatic rings. The van der Waals surface area contributed by atoms with Crippen molar-refractivity contribution in [1.29, 1.82) is 0 Å². The molecule has 1 unspecified atom stereocenters. The molecule has 0 fully saturated rings. The van der Waals surface area contributed by atoms with Gasteiger partial charge in [-0.1, -0.05) is 0 Å². The zero-order valence-corrected chi connectivity index (χ0v) is 18.9. The summed E-state index contributed by atoms with van der Waals surface area (Å²) in [5, 5.41) is 3.48. The Balaban J connectivity index is 1.54. The molecule has 3 aromatic carbocycles. The summed E-state index contributed by atoms with van der Waals surface area (Å²) in [5.74, 6) is 0.894. The SMILES string of the molecule is Cc1ccc([Se]c2nc(-c3ccccc3)c[n+]3c2NC(Cc2ccccc2)C3=O)cc1. The van der Waals surface area contributed by atoms with Crippen LogP contribution in [-0.2, 0) is 6.42 Å². The minimum atomic E-state index is -0.289. The number of carbonyl (C=O) groups excluding carboxylic acids is 1. The van der Waals surface area contributed by atoms with Crippen molar-refractivity contribution in [3.05, 3.63) is 102 Å². The standard InChI is InChI=1S/C26H21N3OSe/c1-18-12-14-21(15-13-18)31-25-24-27-22(16-19-8-4-2-5-9-19)26(30)29(24)17-23(28-25)20-10-6-3-7-11-20/h2-15,17,22H,16H2,1H3/p+1. The van der Waals surface area contributed by atoms with Gasteiger partial charge in [-0.25, -0.2) is 0 Å². The molecule has 0 aliphatic carbocycles. The average molecular weight is 471 g/mol. The van der Waals surface area contributed by atoms with Crippen molar-refractivity contribution >= 4 is 35.7 Å². The quantitative estimate of drug-likeness (QED) is 0.360. The van der Waals surface area contributed by atoms with Gasteiger partial charge in [-0.2, -0.15) is 0 Å². The van der Waals surface area contributed by atoms with Crippen LogP contribution in [0.5, 0.6) is 0 Å². The second-order valence-electron chi connectivity index (χ2n) is 7.66. The number of anilines is 1. The molecule has 5 heteroatoms. The first-order valence-corrected chi connectivity index (χ1v) is 12.0. The number of rotatable bonds is 5. The Morgan fingerprint density at radius 2 is 1.61 bits per heavy atom. The van der Waals surface area contributed by atoms with Crippen molar-refractivity contribution in [2.24, 2.45) is 0 Å². The van der Waals surface area contributed by atoms with E-state index in [-0.39, 0.29) is 26.9 Å². The van der Waals surface area contributed by atoms with E-state index in [0.29, 0.717) is 6.42 Å². The summed E-state index contributed by atoms with van der Waals surface area (Å²) in [6, 6.07) is 28.5. The van der Waals surface area contributed by atoms with Gasteiger partial charge >= 0.3 is 188 Å². The van der Waals surface area contributed by atoms with Gasteiger partial charge in [0.1, 0.15) is 0 Å². The molecule has 1 aliphatic heterocycles. The Bertz CT molecular complexity index is 1220. The molecule has 152 valence electrons. The summed E-state index contributed by atoms with van der Waals surface area (Å²) in [4.78, 5) is 18.3. The molecule has 0 amide bonds. The van der Waals surface area contributed by atoms with Gasteiger partial charge in [0.2, 0.25) is 0 Å². The maximum absolute atomic E-state index is 13.3. The minimum absolute atomic E-state index is 0.0233. The number of benzene rings is 3. The predicted octanol–water partition coefficient (Wildman–Crippen LogP) is 2.68. The molecule has 1 atom stereocenters. The van der Waals surface area contributed by atoms with Crippen molar-refractivity contribution in [2.45, 2.75) is 19.4 Å². The van der Waals surface area contributed by atoms with Crippen LogP contribution in [-0.4, -0.2) is 31.9 Å². The maximum atomic E-state index is 13.3. The van der Waals surface area contributed by atoms with Crippen molar-refractivity contribution < 1.29 is 9.36 Å². The summed E-state index contributed by atoms with van der Waals surface area (Å²) in [6.45, 7) is 2.09. The molecule has 0 saturated carbocycles. The molecule has 0 bridgehead atoms. The first-order chi connectivity index (χ1) is 15.2. The summed E-state index contributed by atoms with van der Waals surface area (Å²) in [5.41, 5.74) is 4.21. The molecule has 0 radical (unpaired) electrons. The molecule has 1 aliphatic rings. The van der Waals surface area contributed by atoms with Crippen LogP contribution in [0.15, 0.2) is 91.1 Å². The number of nitrogens with zero attached hydrogens (tertiary/aromatic N) is 2. The van der Waals surface area contributed by atoms with Crippen molar-refractivity contribution in [1.82, 2.24) is 4.98 Å². The van der Waals surface area contributed by atoms with Crippen LogP contribution in [0.4, 0.5) is 5.82 Å². The third kappa shape index (κ3) is 4.15. The van der Waals surface area contributed by atoms with E-state index in [1.165, 1.54) is 10.0 Å². The first-order valence-electron chi connectivity index (χ1n) is 10.3. The zero-order valence-electron chi connectivity index (χ0n) is 17.2. The predicted molar refractivity (Wildman–Crippen MR) is 124 cm³/mol. The van der Waals surface area contributed by atoms with Gasteiger partial charge in [0.25, 0.3) is 0 Å². The summed E-state index contributed by atoms with van der Waals surface area (Å²) < 4.78 is 3.95. The Hall–Kier alpha value is -3.27. The second kappa shape index (κ2) is 8.46. The van der Waals surface area contributed by atoms with Crippen molar-refractivity contribution in [3.63, 3.8) is 0 Å². The van der Waals surface area contributed by atoms with Crippen LogP contribution in [0.3, 0.4) is 0 Å². The van der Waals surface area contributed by atoms with Crippen molar-refractivity contribution in [3.8, 4) is 11.3 Å². The molecule has 0 spiro atoms. The normalized spacial score (nSPS) is 14.9. The van der Waals surface area contributed by atoms with Gasteiger partial charge in [0.15, 0.2) is 0 Å². The topological polar surface area (TPSA) is 45.9 Å². The average Bonchev–Trinajstić information content (AvgIpc) is 3.12. The summed E-state index contributed by atoms with van der Waals surface area (Å²) in [6.07, 6.45) is 2.53. The second-order valence-corrected chi connectivity index (χ2v) is 9.88. The Morgan fingerprint density at radius 1 is 0.935 bits per heavy atom. The van der Waals surface area contributed by atoms with E-state index in [4.69, 9.17) is 4.98 Å². The van der Waals surface area contributed by atoms with Crippen LogP contribution in [0.2, 0.25) is 0 Å². The third-order valence-electron chi connectivity index (χ3n) is 5.35. The molecular weight excluding hydrogens is 449 g/mol. The van der Waals surface area contributed by atoms with Gasteiger partial charge in [0, 0.05) is 0 Å². The van der Waals surface area contributed by atoms with Crippen LogP contribution in [0.25, 0.3) is 11.3 Å². The van der Waals surface area contributed by atoms with E-state index < -0.39 is 0 Å². The zero-order chi connectivity index (χ0) is 21.2. The van der Waals surface area contributed by atoms with Gasteiger partial charge < -0.3 is 0 Å². The van der Waals surface area contributed by atoms with Crippen LogP contribution >= 0.6 is 0 Å². The summed E-state index contributed by atoms with van der Waals surface area (Å²) in [7, 11) is 0. The van der Waals surface area contributed by atoms with Crippen LogP contribution in [0, 0.1) is 6.92 Å². The third-order valence-corrected chi connectivity index (χ3v) is 7.42.